The lowest BCUT2D eigenvalue weighted by molar-refractivity contribution is -0.152. The molecule has 2 heterocycles. The van der Waals surface area contributed by atoms with Crippen LogP contribution < -0.4 is 5.32 Å². The number of rotatable bonds is 4. The molecule has 0 aromatic rings. The molecular formula is C14H24N2O3S. The van der Waals surface area contributed by atoms with E-state index < -0.39 is 17.6 Å². The average Bonchev–Trinajstić information content (AvgIpc) is 2.83. The van der Waals surface area contributed by atoms with Gasteiger partial charge in [0.25, 0.3) is 0 Å². The molecule has 20 heavy (non-hydrogen) atoms. The van der Waals surface area contributed by atoms with Gasteiger partial charge in [0, 0.05) is 5.75 Å². The number of carboxylic acid groups (broad SMARTS) is 1. The van der Waals surface area contributed by atoms with Crippen LogP contribution in [0.25, 0.3) is 0 Å². The molecule has 0 spiro atoms. The van der Waals surface area contributed by atoms with Crippen LogP contribution in [-0.2, 0) is 9.59 Å². The number of thioether (sulfide) groups is 1. The summed E-state index contributed by atoms with van der Waals surface area (Å²) in [5.74, 6) is -0.418. The molecule has 6 heteroatoms. The van der Waals surface area contributed by atoms with Crippen LogP contribution in [0.2, 0.25) is 0 Å². The van der Waals surface area contributed by atoms with Gasteiger partial charge in [-0.05, 0) is 39.2 Å². The number of nitrogens with one attached hydrogen (secondary N) is 1. The predicted octanol–water partition coefficient (Wildman–Crippen LogP) is 1.67. The lowest BCUT2D eigenvalue weighted by atomic mass is 9.89. The van der Waals surface area contributed by atoms with Crippen molar-refractivity contribution in [3.8, 4) is 0 Å². The maximum Gasteiger partial charge on any atom is 0.327 e. The van der Waals surface area contributed by atoms with Crippen LogP contribution in [0.4, 0.5) is 0 Å². The summed E-state index contributed by atoms with van der Waals surface area (Å²) in [4.78, 5) is 26.0. The predicted molar refractivity (Wildman–Crippen MR) is 79.7 cm³/mol. The number of nitrogens with zero attached hydrogens (tertiary/aromatic N) is 1. The molecule has 2 saturated heterocycles. The van der Waals surface area contributed by atoms with Gasteiger partial charge in [-0.1, -0.05) is 13.3 Å². The van der Waals surface area contributed by atoms with Gasteiger partial charge in [0.2, 0.25) is 5.91 Å². The zero-order valence-corrected chi connectivity index (χ0v) is 13.0. The van der Waals surface area contributed by atoms with Gasteiger partial charge in [-0.2, -0.15) is 0 Å². The summed E-state index contributed by atoms with van der Waals surface area (Å²) >= 11 is 1.60. The van der Waals surface area contributed by atoms with Crippen LogP contribution in [0.1, 0.15) is 46.0 Å². The number of carbonyl (C=O) groups excluding carboxylic acids is 1. The molecule has 2 aliphatic rings. The first-order chi connectivity index (χ1) is 9.49. The molecule has 1 amide bonds. The average molecular weight is 300 g/mol. The Morgan fingerprint density at radius 3 is 2.75 bits per heavy atom. The van der Waals surface area contributed by atoms with Crippen LogP contribution in [0.15, 0.2) is 0 Å². The molecule has 0 aliphatic carbocycles. The van der Waals surface area contributed by atoms with Crippen LogP contribution in [0.5, 0.6) is 0 Å². The van der Waals surface area contributed by atoms with Crippen molar-refractivity contribution in [3.63, 3.8) is 0 Å². The van der Waals surface area contributed by atoms with E-state index in [-0.39, 0.29) is 11.3 Å². The molecule has 3 unspecified atom stereocenters. The van der Waals surface area contributed by atoms with Crippen LogP contribution in [-0.4, -0.2) is 51.1 Å². The van der Waals surface area contributed by atoms with E-state index >= 15 is 0 Å². The Hall–Kier alpha value is -0.750. The quantitative estimate of drug-likeness (QED) is 0.826. The van der Waals surface area contributed by atoms with Gasteiger partial charge in [-0.3, -0.25) is 4.79 Å². The summed E-state index contributed by atoms with van der Waals surface area (Å²) < 4.78 is 0. The lowest BCUT2D eigenvalue weighted by Gasteiger charge is -2.39. The molecular weight excluding hydrogens is 276 g/mol. The van der Waals surface area contributed by atoms with Gasteiger partial charge >= 0.3 is 5.97 Å². The highest BCUT2D eigenvalue weighted by Gasteiger charge is 2.47. The molecule has 2 fully saturated rings. The Morgan fingerprint density at radius 2 is 2.20 bits per heavy atom. The Balaban J connectivity index is 2.19. The van der Waals surface area contributed by atoms with E-state index in [1.165, 1.54) is 0 Å². The van der Waals surface area contributed by atoms with E-state index in [0.29, 0.717) is 5.75 Å². The number of hydrogen-bond donors (Lipinski definition) is 2. The zero-order valence-electron chi connectivity index (χ0n) is 12.2. The van der Waals surface area contributed by atoms with Crippen molar-refractivity contribution < 1.29 is 14.7 Å². The van der Waals surface area contributed by atoms with Gasteiger partial charge in [0.15, 0.2) is 0 Å². The summed E-state index contributed by atoms with van der Waals surface area (Å²) in [6, 6.07) is -0.676. The van der Waals surface area contributed by atoms with Gasteiger partial charge in [0.05, 0.1) is 10.9 Å². The normalized spacial score (nSPS) is 34.2. The summed E-state index contributed by atoms with van der Waals surface area (Å²) in [6.07, 6.45) is 4.71. The zero-order chi connectivity index (χ0) is 14.8. The third-order valence-electron chi connectivity index (χ3n) is 4.24. The van der Waals surface area contributed by atoms with E-state index in [0.717, 1.165) is 38.6 Å². The molecule has 2 aliphatic heterocycles. The largest absolute Gasteiger partial charge is 0.480 e. The minimum atomic E-state index is -0.885. The standard InChI is InChI=1S/C14H24N2O3S/c1-3-6-11-16(10(9-20-11)12(17)18)13(19)14(2)7-4-5-8-15-14/h10-11,15H,3-9H2,1-2H3,(H,17,18). The van der Waals surface area contributed by atoms with Crippen LogP contribution in [0, 0.1) is 0 Å². The summed E-state index contributed by atoms with van der Waals surface area (Å²) in [6.45, 7) is 4.82. The second-order valence-electron chi connectivity index (χ2n) is 5.86. The number of carbonyl (C=O) groups is 2. The van der Waals surface area contributed by atoms with Gasteiger partial charge in [-0.15, -0.1) is 11.8 Å². The van der Waals surface area contributed by atoms with Crippen molar-refractivity contribution in [1.82, 2.24) is 10.2 Å². The maximum absolute atomic E-state index is 12.9. The highest BCUT2D eigenvalue weighted by atomic mass is 32.2. The third-order valence-corrected chi connectivity index (χ3v) is 5.59. The monoisotopic (exact) mass is 300 g/mol. The Bertz CT molecular complexity index is 383. The summed E-state index contributed by atoms with van der Waals surface area (Å²) in [5.41, 5.74) is -0.594. The molecule has 2 rings (SSSR count). The molecule has 3 atom stereocenters. The maximum atomic E-state index is 12.9. The number of piperidine rings is 1. The first-order valence-electron chi connectivity index (χ1n) is 7.42. The molecule has 5 nitrogen and oxygen atoms in total. The van der Waals surface area contributed by atoms with Crippen molar-refractivity contribution in [1.29, 1.82) is 0 Å². The second-order valence-corrected chi connectivity index (χ2v) is 7.07. The van der Waals surface area contributed by atoms with Crippen molar-refractivity contribution in [2.75, 3.05) is 12.3 Å². The number of amides is 1. The van der Waals surface area contributed by atoms with E-state index in [9.17, 15) is 14.7 Å². The molecule has 0 radical (unpaired) electrons. The summed E-state index contributed by atoms with van der Waals surface area (Å²) in [7, 11) is 0. The smallest absolute Gasteiger partial charge is 0.327 e. The van der Waals surface area contributed by atoms with Gasteiger partial charge in [0.1, 0.15) is 6.04 Å². The number of hydrogen-bond acceptors (Lipinski definition) is 4. The van der Waals surface area contributed by atoms with E-state index in [2.05, 4.69) is 12.2 Å². The topological polar surface area (TPSA) is 69.6 Å². The Morgan fingerprint density at radius 1 is 1.45 bits per heavy atom. The number of aliphatic carboxylic acids is 1. The second kappa shape index (κ2) is 6.35. The highest BCUT2D eigenvalue weighted by Crippen LogP contribution is 2.35. The molecule has 0 bridgehead atoms. The van der Waals surface area contributed by atoms with Crippen molar-refractivity contribution in [3.05, 3.63) is 0 Å². The van der Waals surface area contributed by atoms with Gasteiger partial charge < -0.3 is 15.3 Å². The lowest BCUT2D eigenvalue weighted by Crippen LogP contribution is -2.61. The van der Waals surface area contributed by atoms with E-state index in [1.807, 2.05) is 6.92 Å². The van der Waals surface area contributed by atoms with Crippen LogP contribution in [0.3, 0.4) is 0 Å². The molecule has 0 aromatic carbocycles. The van der Waals surface area contributed by atoms with Crippen molar-refractivity contribution >= 4 is 23.6 Å². The third kappa shape index (κ3) is 2.96. The van der Waals surface area contributed by atoms with Gasteiger partial charge in [-0.25, -0.2) is 4.79 Å². The SMILES string of the molecule is CCCC1SCC(C(=O)O)N1C(=O)C1(C)CCCCN1. The van der Waals surface area contributed by atoms with Crippen molar-refractivity contribution in [2.45, 2.75) is 62.9 Å². The fraction of sp³-hybridized carbons (Fsp3) is 0.857. The van der Waals surface area contributed by atoms with E-state index in [1.54, 1.807) is 16.7 Å². The van der Waals surface area contributed by atoms with Crippen molar-refractivity contribution in [2.24, 2.45) is 0 Å². The molecule has 114 valence electrons. The minimum Gasteiger partial charge on any atom is -0.480 e. The first-order valence-corrected chi connectivity index (χ1v) is 8.46. The van der Waals surface area contributed by atoms with Crippen LogP contribution >= 0.6 is 11.8 Å². The summed E-state index contributed by atoms with van der Waals surface area (Å²) in [5, 5.41) is 12.7. The Labute approximate surface area is 124 Å². The fourth-order valence-electron chi connectivity index (χ4n) is 3.02. The molecule has 0 saturated carbocycles. The highest BCUT2D eigenvalue weighted by molar-refractivity contribution is 8.00. The number of carboxylic acids is 1. The molecule has 0 aromatic heterocycles. The Kier molecular flexibility index (Phi) is 4.96. The first kappa shape index (κ1) is 15.6. The fourth-order valence-corrected chi connectivity index (χ4v) is 4.53. The molecule has 2 N–H and O–H groups in total. The minimum absolute atomic E-state index is 0.00847. The van der Waals surface area contributed by atoms with E-state index in [4.69, 9.17) is 0 Å².